The highest BCUT2D eigenvalue weighted by Gasteiger charge is 2.19. The zero-order chi connectivity index (χ0) is 11.0. The summed E-state index contributed by atoms with van der Waals surface area (Å²) in [7, 11) is 2.13. The van der Waals surface area contributed by atoms with Crippen molar-refractivity contribution in [2.24, 2.45) is 0 Å². The fourth-order valence-electron chi connectivity index (χ4n) is 1.02. The van der Waals surface area contributed by atoms with E-state index in [1.54, 1.807) is 14.2 Å². The second-order valence-corrected chi connectivity index (χ2v) is 8.62. The standard InChI is InChI=1S/C10H24O3Si/c1-10(11-2)9-13-7-6-8-14(4,5)12-3/h10H,6-9H2,1-5H3. The molecular weight excluding hydrogens is 196 g/mol. The molecule has 1 atom stereocenters. The second kappa shape index (κ2) is 7.40. The van der Waals surface area contributed by atoms with Gasteiger partial charge in [0.2, 0.25) is 0 Å². The van der Waals surface area contributed by atoms with Gasteiger partial charge in [-0.3, -0.25) is 0 Å². The van der Waals surface area contributed by atoms with Crippen molar-refractivity contribution < 1.29 is 13.9 Å². The predicted molar refractivity (Wildman–Crippen MR) is 61.2 cm³/mol. The number of methoxy groups -OCH3 is 1. The van der Waals surface area contributed by atoms with E-state index in [4.69, 9.17) is 13.9 Å². The lowest BCUT2D eigenvalue weighted by Gasteiger charge is -2.19. The highest BCUT2D eigenvalue weighted by molar-refractivity contribution is 6.71. The van der Waals surface area contributed by atoms with Gasteiger partial charge >= 0.3 is 0 Å². The summed E-state index contributed by atoms with van der Waals surface area (Å²) >= 11 is 0. The molecule has 4 heteroatoms. The summed E-state index contributed by atoms with van der Waals surface area (Å²) in [5.74, 6) is 0. The van der Waals surface area contributed by atoms with E-state index in [1.165, 1.54) is 0 Å². The molecule has 0 saturated heterocycles. The van der Waals surface area contributed by atoms with Crippen LogP contribution >= 0.6 is 0 Å². The van der Waals surface area contributed by atoms with Gasteiger partial charge in [-0.25, -0.2) is 0 Å². The van der Waals surface area contributed by atoms with Crippen LogP contribution in [0.3, 0.4) is 0 Å². The summed E-state index contributed by atoms with van der Waals surface area (Å²) in [4.78, 5) is 0. The molecule has 0 N–H and O–H groups in total. The first kappa shape index (κ1) is 14.1. The van der Waals surface area contributed by atoms with Crippen molar-refractivity contribution in [3.8, 4) is 0 Å². The molecule has 0 aliphatic heterocycles. The molecule has 0 aromatic heterocycles. The summed E-state index contributed by atoms with van der Waals surface area (Å²) in [5, 5.41) is 0. The maximum absolute atomic E-state index is 5.47. The third-order valence-electron chi connectivity index (χ3n) is 2.38. The van der Waals surface area contributed by atoms with Gasteiger partial charge in [0.05, 0.1) is 12.7 Å². The minimum atomic E-state index is -1.37. The molecule has 0 saturated carbocycles. The van der Waals surface area contributed by atoms with Crippen LogP contribution in [0.2, 0.25) is 19.1 Å². The lowest BCUT2D eigenvalue weighted by atomic mass is 10.4. The van der Waals surface area contributed by atoms with Crippen LogP contribution in [0.15, 0.2) is 0 Å². The molecule has 1 unspecified atom stereocenters. The molecule has 0 aliphatic carbocycles. The molecule has 0 aromatic rings. The Bertz CT molecular complexity index is 139. The van der Waals surface area contributed by atoms with E-state index < -0.39 is 8.32 Å². The van der Waals surface area contributed by atoms with E-state index in [9.17, 15) is 0 Å². The lowest BCUT2D eigenvalue weighted by Crippen LogP contribution is -2.28. The molecule has 0 aliphatic rings. The van der Waals surface area contributed by atoms with E-state index in [1.807, 2.05) is 6.92 Å². The maximum atomic E-state index is 5.47. The number of hydrogen-bond acceptors (Lipinski definition) is 3. The van der Waals surface area contributed by atoms with Crippen LogP contribution in [0.5, 0.6) is 0 Å². The molecule has 0 bridgehead atoms. The Kier molecular flexibility index (Phi) is 7.45. The van der Waals surface area contributed by atoms with Crippen LogP contribution in [-0.4, -0.2) is 41.9 Å². The molecule has 0 fully saturated rings. The van der Waals surface area contributed by atoms with Gasteiger partial charge in [-0.1, -0.05) is 0 Å². The van der Waals surface area contributed by atoms with Gasteiger partial charge in [0, 0.05) is 20.8 Å². The second-order valence-electron chi connectivity index (χ2n) is 4.19. The summed E-state index contributed by atoms with van der Waals surface area (Å²) in [6, 6.07) is 1.16. The lowest BCUT2D eigenvalue weighted by molar-refractivity contribution is 0.0186. The Balaban J connectivity index is 3.30. The molecule has 86 valence electrons. The van der Waals surface area contributed by atoms with Crippen molar-refractivity contribution in [1.29, 1.82) is 0 Å². The molecule has 3 nitrogen and oxygen atoms in total. The van der Waals surface area contributed by atoms with Crippen LogP contribution in [-0.2, 0) is 13.9 Å². The third-order valence-corrected chi connectivity index (χ3v) is 5.04. The van der Waals surface area contributed by atoms with Crippen molar-refractivity contribution in [2.75, 3.05) is 27.4 Å². The van der Waals surface area contributed by atoms with Crippen LogP contribution in [0.25, 0.3) is 0 Å². The van der Waals surface area contributed by atoms with Gasteiger partial charge in [-0.05, 0) is 32.5 Å². The average molecular weight is 220 g/mol. The molecule has 14 heavy (non-hydrogen) atoms. The van der Waals surface area contributed by atoms with E-state index in [0.717, 1.165) is 19.1 Å². The van der Waals surface area contributed by atoms with Crippen molar-refractivity contribution in [3.05, 3.63) is 0 Å². The van der Waals surface area contributed by atoms with Gasteiger partial charge in [0.1, 0.15) is 0 Å². The van der Waals surface area contributed by atoms with E-state index >= 15 is 0 Å². The zero-order valence-electron chi connectivity index (χ0n) is 10.1. The Morgan fingerprint density at radius 3 is 2.36 bits per heavy atom. The normalized spacial score (nSPS) is 14.4. The average Bonchev–Trinajstić information content (AvgIpc) is 2.17. The fourth-order valence-corrected chi connectivity index (χ4v) is 2.22. The molecule has 0 aromatic carbocycles. The predicted octanol–water partition coefficient (Wildman–Crippen LogP) is 2.28. The van der Waals surface area contributed by atoms with Crippen molar-refractivity contribution in [2.45, 2.75) is 38.6 Å². The van der Waals surface area contributed by atoms with Crippen LogP contribution in [0.1, 0.15) is 13.3 Å². The van der Waals surface area contributed by atoms with Gasteiger partial charge in [0.15, 0.2) is 8.32 Å². The molecule has 0 spiro atoms. The summed E-state index contributed by atoms with van der Waals surface area (Å²) in [6.45, 7) is 7.96. The van der Waals surface area contributed by atoms with E-state index in [-0.39, 0.29) is 6.10 Å². The van der Waals surface area contributed by atoms with Gasteiger partial charge in [0.25, 0.3) is 0 Å². The van der Waals surface area contributed by atoms with Crippen molar-refractivity contribution in [3.63, 3.8) is 0 Å². The minimum Gasteiger partial charge on any atom is -0.420 e. The first-order chi connectivity index (χ1) is 6.52. The first-order valence-electron chi connectivity index (χ1n) is 5.17. The maximum Gasteiger partial charge on any atom is 0.186 e. The largest absolute Gasteiger partial charge is 0.420 e. The van der Waals surface area contributed by atoms with E-state index in [2.05, 4.69) is 13.1 Å². The smallest absolute Gasteiger partial charge is 0.186 e. The van der Waals surface area contributed by atoms with Crippen LogP contribution < -0.4 is 0 Å². The number of hydrogen-bond donors (Lipinski definition) is 0. The monoisotopic (exact) mass is 220 g/mol. The Labute approximate surface area is 88.9 Å². The summed E-state index contributed by atoms with van der Waals surface area (Å²) in [5.41, 5.74) is 0. The summed E-state index contributed by atoms with van der Waals surface area (Å²) < 4.78 is 16.0. The van der Waals surface area contributed by atoms with Gasteiger partial charge < -0.3 is 13.9 Å². The van der Waals surface area contributed by atoms with Gasteiger partial charge in [-0.15, -0.1) is 0 Å². The molecule has 0 radical (unpaired) electrons. The third kappa shape index (κ3) is 7.50. The topological polar surface area (TPSA) is 27.7 Å². The molecule has 0 amide bonds. The first-order valence-corrected chi connectivity index (χ1v) is 8.29. The van der Waals surface area contributed by atoms with Crippen molar-refractivity contribution in [1.82, 2.24) is 0 Å². The van der Waals surface area contributed by atoms with E-state index in [0.29, 0.717) is 6.61 Å². The number of ether oxygens (including phenoxy) is 2. The Morgan fingerprint density at radius 2 is 1.86 bits per heavy atom. The summed E-state index contributed by atoms with van der Waals surface area (Å²) in [6.07, 6.45) is 1.28. The quantitative estimate of drug-likeness (QED) is 0.464. The fraction of sp³-hybridized carbons (Fsp3) is 1.00. The number of rotatable bonds is 8. The Morgan fingerprint density at radius 1 is 1.21 bits per heavy atom. The van der Waals surface area contributed by atoms with Gasteiger partial charge in [-0.2, -0.15) is 0 Å². The minimum absolute atomic E-state index is 0.197. The van der Waals surface area contributed by atoms with Crippen molar-refractivity contribution >= 4 is 8.32 Å². The van der Waals surface area contributed by atoms with Crippen LogP contribution in [0.4, 0.5) is 0 Å². The molecular formula is C10H24O3Si. The highest BCUT2D eigenvalue weighted by Crippen LogP contribution is 2.12. The molecule has 0 rings (SSSR count). The SMILES string of the molecule is COC(C)COCCC[Si](C)(C)OC. The highest BCUT2D eigenvalue weighted by atomic mass is 28.4. The molecule has 0 heterocycles. The Hall–Kier alpha value is 0.0969. The van der Waals surface area contributed by atoms with Crippen LogP contribution in [0, 0.1) is 0 Å². The zero-order valence-corrected chi connectivity index (χ0v) is 11.1.